The predicted octanol–water partition coefficient (Wildman–Crippen LogP) is 1.76. The number of aromatic nitrogens is 1. The van der Waals surface area contributed by atoms with Crippen LogP contribution in [0.4, 0.5) is 0 Å². The van der Waals surface area contributed by atoms with E-state index in [2.05, 4.69) is 11.1 Å². The Morgan fingerprint density at radius 1 is 1.26 bits per heavy atom. The Morgan fingerprint density at radius 2 is 1.84 bits per heavy atom. The number of pyridine rings is 1. The SMILES string of the molecule is Cc1nccc(B2OC(C)(C)C(C)(C)O2)c1CC#N. The highest BCUT2D eigenvalue weighted by atomic mass is 16.7. The van der Waals surface area contributed by atoms with Gasteiger partial charge in [0.25, 0.3) is 0 Å². The molecule has 1 saturated heterocycles. The highest BCUT2D eigenvalue weighted by Crippen LogP contribution is 2.36. The van der Waals surface area contributed by atoms with Gasteiger partial charge in [0.05, 0.1) is 23.7 Å². The largest absolute Gasteiger partial charge is 0.495 e. The zero-order valence-corrected chi connectivity index (χ0v) is 12.2. The molecule has 1 fully saturated rings. The third-order valence-electron chi connectivity index (χ3n) is 4.07. The molecule has 19 heavy (non-hydrogen) atoms. The Bertz CT molecular complexity index is 519. The van der Waals surface area contributed by atoms with Crippen LogP contribution in [-0.4, -0.2) is 23.3 Å². The van der Waals surface area contributed by atoms with Crippen LogP contribution in [0.15, 0.2) is 12.3 Å². The van der Waals surface area contributed by atoms with Crippen LogP contribution in [-0.2, 0) is 15.7 Å². The van der Waals surface area contributed by atoms with Gasteiger partial charge in [-0.05, 0) is 51.7 Å². The maximum atomic E-state index is 8.96. The van der Waals surface area contributed by atoms with Crippen LogP contribution < -0.4 is 5.46 Å². The van der Waals surface area contributed by atoms with Crippen LogP contribution in [0.1, 0.15) is 39.0 Å². The molecule has 0 spiro atoms. The van der Waals surface area contributed by atoms with Crippen molar-refractivity contribution in [2.75, 3.05) is 0 Å². The minimum absolute atomic E-state index is 0.319. The van der Waals surface area contributed by atoms with Gasteiger partial charge in [0, 0.05) is 11.9 Å². The Labute approximate surface area is 114 Å². The van der Waals surface area contributed by atoms with E-state index < -0.39 is 7.12 Å². The molecule has 4 nitrogen and oxygen atoms in total. The number of hydrogen-bond acceptors (Lipinski definition) is 4. The van der Waals surface area contributed by atoms with Gasteiger partial charge in [0.2, 0.25) is 0 Å². The minimum Gasteiger partial charge on any atom is -0.399 e. The Kier molecular flexibility index (Phi) is 3.42. The van der Waals surface area contributed by atoms with Crippen LogP contribution in [0.25, 0.3) is 0 Å². The molecule has 1 aromatic heterocycles. The van der Waals surface area contributed by atoms with Gasteiger partial charge < -0.3 is 9.31 Å². The second kappa shape index (κ2) is 4.62. The second-order valence-corrected chi connectivity index (χ2v) is 5.89. The molecule has 0 aliphatic carbocycles. The van der Waals surface area contributed by atoms with Crippen molar-refractivity contribution in [3.63, 3.8) is 0 Å². The highest BCUT2D eigenvalue weighted by Gasteiger charge is 2.52. The average Bonchev–Trinajstić information content (AvgIpc) is 2.51. The summed E-state index contributed by atoms with van der Waals surface area (Å²) >= 11 is 0. The van der Waals surface area contributed by atoms with Crippen LogP contribution in [0.5, 0.6) is 0 Å². The summed E-state index contributed by atoms with van der Waals surface area (Å²) in [5, 5.41) is 8.96. The molecule has 5 heteroatoms. The standard InChI is InChI=1S/C14H19BN2O2/c1-10-11(6-8-16)12(7-9-17-10)15-18-13(2,3)14(4,5)19-15/h7,9H,6H2,1-5H3. The smallest absolute Gasteiger partial charge is 0.399 e. The van der Waals surface area contributed by atoms with Gasteiger partial charge in [-0.3, -0.25) is 4.98 Å². The lowest BCUT2D eigenvalue weighted by atomic mass is 9.75. The third kappa shape index (κ3) is 2.38. The van der Waals surface area contributed by atoms with Crippen molar-refractivity contribution in [3.8, 4) is 6.07 Å². The van der Waals surface area contributed by atoms with Crippen molar-refractivity contribution in [1.82, 2.24) is 4.98 Å². The van der Waals surface area contributed by atoms with E-state index >= 15 is 0 Å². The van der Waals surface area contributed by atoms with E-state index in [1.54, 1.807) is 6.20 Å². The van der Waals surface area contributed by atoms with Crippen LogP contribution in [0, 0.1) is 18.3 Å². The average molecular weight is 258 g/mol. The normalized spacial score (nSPS) is 20.3. The molecule has 0 atom stereocenters. The molecule has 2 heterocycles. The molecule has 1 aliphatic rings. The number of nitrogens with zero attached hydrogens (tertiary/aromatic N) is 2. The van der Waals surface area contributed by atoms with Crippen molar-refractivity contribution in [2.45, 2.75) is 52.2 Å². The predicted molar refractivity (Wildman–Crippen MR) is 74.0 cm³/mol. The van der Waals surface area contributed by atoms with Gasteiger partial charge in [-0.2, -0.15) is 5.26 Å². The number of hydrogen-bond donors (Lipinski definition) is 0. The fourth-order valence-corrected chi connectivity index (χ4v) is 2.12. The van der Waals surface area contributed by atoms with Gasteiger partial charge in [-0.1, -0.05) is 0 Å². The van der Waals surface area contributed by atoms with E-state index in [4.69, 9.17) is 14.6 Å². The summed E-state index contributed by atoms with van der Waals surface area (Å²) in [5.74, 6) is 0. The lowest BCUT2D eigenvalue weighted by molar-refractivity contribution is 0.00578. The molecule has 0 saturated carbocycles. The molecule has 0 radical (unpaired) electrons. The molecule has 100 valence electrons. The van der Waals surface area contributed by atoms with Crippen molar-refractivity contribution in [2.24, 2.45) is 0 Å². The molecule has 0 aromatic carbocycles. The topological polar surface area (TPSA) is 55.1 Å². The molecule has 1 aromatic rings. The molecular weight excluding hydrogens is 239 g/mol. The van der Waals surface area contributed by atoms with E-state index in [1.807, 2.05) is 40.7 Å². The first-order valence-electron chi connectivity index (χ1n) is 6.45. The van der Waals surface area contributed by atoms with E-state index in [-0.39, 0.29) is 11.2 Å². The second-order valence-electron chi connectivity index (χ2n) is 5.89. The molecule has 1 aliphatic heterocycles. The van der Waals surface area contributed by atoms with Crippen LogP contribution >= 0.6 is 0 Å². The number of aryl methyl sites for hydroxylation is 1. The molecule has 0 unspecified atom stereocenters. The summed E-state index contributed by atoms with van der Waals surface area (Å²) in [6.45, 7) is 9.98. The number of nitriles is 1. The van der Waals surface area contributed by atoms with Gasteiger partial charge in [0.1, 0.15) is 0 Å². The van der Waals surface area contributed by atoms with E-state index in [0.29, 0.717) is 6.42 Å². The molecule has 2 rings (SSSR count). The van der Waals surface area contributed by atoms with Crippen LogP contribution in [0.3, 0.4) is 0 Å². The van der Waals surface area contributed by atoms with Crippen molar-refractivity contribution in [3.05, 3.63) is 23.5 Å². The van der Waals surface area contributed by atoms with Crippen molar-refractivity contribution in [1.29, 1.82) is 5.26 Å². The lowest BCUT2D eigenvalue weighted by Crippen LogP contribution is -2.41. The zero-order valence-electron chi connectivity index (χ0n) is 12.2. The Morgan fingerprint density at radius 3 is 2.37 bits per heavy atom. The monoisotopic (exact) mass is 258 g/mol. The van der Waals surface area contributed by atoms with Gasteiger partial charge in [-0.15, -0.1) is 0 Å². The van der Waals surface area contributed by atoms with Crippen molar-refractivity contribution < 1.29 is 9.31 Å². The van der Waals surface area contributed by atoms with Gasteiger partial charge >= 0.3 is 7.12 Å². The summed E-state index contributed by atoms with van der Waals surface area (Å²) in [6, 6.07) is 4.06. The highest BCUT2D eigenvalue weighted by molar-refractivity contribution is 6.62. The van der Waals surface area contributed by atoms with E-state index in [0.717, 1.165) is 16.7 Å². The van der Waals surface area contributed by atoms with Gasteiger partial charge in [0.15, 0.2) is 0 Å². The summed E-state index contributed by atoms with van der Waals surface area (Å²) < 4.78 is 12.1. The zero-order chi connectivity index (χ0) is 14.3. The fraction of sp³-hybridized carbons (Fsp3) is 0.571. The Hall–Kier alpha value is -1.38. The van der Waals surface area contributed by atoms with E-state index in [1.165, 1.54) is 0 Å². The van der Waals surface area contributed by atoms with Crippen molar-refractivity contribution >= 4 is 12.6 Å². The van der Waals surface area contributed by atoms with Crippen LogP contribution in [0.2, 0.25) is 0 Å². The summed E-state index contributed by atoms with van der Waals surface area (Å²) in [7, 11) is -0.435. The molecule has 0 N–H and O–H groups in total. The quantitative estimate of drug-likeness (QED) is 0.758. The summed E-state index contributed by atoms with van der Waals surface area (Å²) in [5.41, 5.74) is 1.92. The summed E-state index contributed by atoms with van der Waals surface area (Å²) in [4.78, 5) is 4.24. The minimum atomic E-state index is -0.435. The number of rotatable bonds is 2. The third-order valence-corrected chi connectivity index (χ3v) is 4.07. The maximum absolute atomic E-state index is 8.96. The summed E-state index contributed by atoms with van der Waals surface area (Å²) in [6.07, 6.45) is 2.05. The van der Waals surface area contributed by atoms with E-state index in [9.17, 15) is 0 Å². The van der Waals surface area contributed by atoms with Gasteiger partial charge in [-0.25, -0.2) is 0 Å². The molecular formula is C14H19BN2O2. The fourth-order valence-electron chi connectivity index (χ4n) is 2.12. The lowest BCUT2D eigenvalue weighted by Gasteiger charge is -2.32. The molecule has 0 bridgehead atoms. The first-order valence-corrected chi connectivity index (χ1v) is 6.45. The first kappa shape index (κ1) is 14.0. The maximum Gasteiger partial charge on any atom is 0.495 e. The molecule has 0 amide bonds. The first-order chi connectivity index (χ1) is 8.78. The Balaban J connectivity index is 2.40.